The fraction of sp³-hybridized carbons (Fsp3) is 0.0690. The summed E-state index contributed by atoms with van der Waals surface area (Å²) in [6, 6.07) is 71.5. The second-order valence-corrected chi connectivity index (χ2v) is 18.5. The summed E-state index contributed by atoms with van der Waals surface area (Å²) in [6.45, 7) is 6.93. The van der Waals surface area contributed by atoms with Gasteiger partial charge in [-0.15, -0.1) is 0 Å². The molecule has 14 rings (SSSR count). The molecule has 0 fully saturated rings. The van der Waals surface area contributed by atoms with E-state index in [2.05, 4.69) is 234 Å². The predicted octanol–water partition coefficient (Wildman–Crippen LogP) is 13.8. The predicted molar refractivity (Wildman–Crippen MR) is 269 cm³/mol. The summed E-state index contributed by atoms with van der Waals surface area (Å²) in [7, 11) is 0. The third-order valence-electron chi connectivity index (χ3n) is 14.0. The van der Waals surface area contributed by atoms with Crippen molar-refractivity contribution in [1.29, 1.82) is 0 Å². The van der Waals surface area contributed by atoms with Crippen molar-refractivity contribution in [2.24, 2.45) is 0 Å². The molecule has 0 bridgehead atoms. The van der Waals surface area contributed by atoms with Crippen LogP contribution in [0.15, 0.2) is 199 Å². The zero-order chi connectivity index (χ0) is 42.4. The number of benzene rings is 9. The maximum atomic E-state index is 6.63. The first-order valence-corrected chi connectivity index (χ1v) is 22.3. The molecule has 6 heteroatoms. The molecule has 0 saturated carbocycles. The monoisotopic (exact) mass is 820 g/mol. The third-order valence-corrected chi connectivity index (χ3v) is 14.0. The lowest BCUT2D eigenvalue weighted by Crippen LogP contribution is -2.62. The Morgan fingerprint density at radius 1 is 0.453 bits per heavy atom. The highest BCUT2D eigenvalue weighted by atomic mass is 16.3. The summed E-state index contributed by atoms with van der Waals surface area (Å²) < 4.78 is 9.15. The van der Waals surface area contributed by atoms with Crippen molar-refractivity contribution in [3.8, 4) is 5.69 Å². The van der Waals surface area contributed by atoms with Crippen molar-refractivity contribution in [3.63, 3.8) is 0 Å². The van der Waals surface area contributed by atoms with Crippen molar-refractivity contribution in [2.45, 2.75) is 26.2 Å². The van der Waals surface area contributed by atoms with Gasteiger partial charge in [0.25, 0.3) is 6.71 Å². The summed E-state index contributed by atoms with van der Waals surface area (Å²) in [5, 5.41) is 4.73. The fourth-order valence-electron chi connectivity index (χ4n) is 11.3. The Hall–Kier alpha value is -7.96. The van der Waals surface area contributed by atoms with Crippen LogP contribution in [0.2, 0.25) is 0 Å². The average molecular weight is 821 g/mol. The Labute approximate surface area is 371 Å². The molecule has 0 atom stereocenters. The molecule has 0 spiro atoms. The van der Waals surface area contributed by atoms with E-state index in [1.165, 1.54) is 72.2 Å². The van der Waals surface area contributed by atoms with Crippen LogP contribution in [0.5, 0.6) is 0 Å². The fourth-order valence-corrected chi connectivity index (χ4v) is 11.3. The Balaban J connectivity index is 1.17. The maximum Gasteiger partial charge on any atom is 0.252 e. The molecule has 0 radical (unpaired) electrons. The van der Waals surface area contributed by atoms with Gasteiger partial charge in [-0.2, -0.15) is 0 Å². The molecule has 5 nitrogen and oxygen atoms in total. The van der Waals surface area contributed by atoms with E-state index in [0.717, 1.165) is 50.4 Å². The van der Waals surface area contributed by atoms with Gasteiger partial charge in [0.1, 0.15) is 11.2 Å². The second-order valence-electron chi connectivity index (χ2n) is 18.5. The highest BCUT2D eigenvalue weighted by Crippen LogP contribution is 2.54. The molecule has 64 heavy (non-hydrogen) atoms. The molecule has 0 aliphatic carbocycles. The minimum absolute atomic E-state index is 0.0522. The first kappa shape index (κ1) is 35.6. The van der Waals surface area contributed by atoms with Gasteiger partial charge in [-0.3, -0.25) is 0 Å². The lowest BCUT2D eigenvalue weighted by molar-refractivity contribution is 0.591. The number of rotatable bonds is 4. The third kappa shape index (κ3) is 4.74. The van der Waals surface area contributed by atoms with Gasteiger partial charge in [0.05, 0.1) is 44.9 Å². The van der Waals surface area contributed by atoms with Gasteiger partial charge in [-0.1, -0.05) is 136 Å². The van der Waals surface area contributed by atoms with Crippen LogP contribution < -0.4 is 31.1 Å². The van der Waals surface area contributed by atoms with Gasteiger partial charge in [0.15, 0.2) is 0 Å². The number of furan rings is 1. The topological polar surface area (TPSA) is 27.8 Å². The lowest BCUT2D eigenvalue weighted by Gasteiger charge is -2.47. The molecule has 3 aliphatic rings. The van der Waals surface area contributed by atoms with Crippen LogP contribution in [0.1, 0.15) is 26.3 Å². The summed E-state index contributed by atoms with van der Waals surface area (Å²) in [6.07, 6.45) is 0. The Bertz CT molecular complexity index is 3710. The molecule has 0 unspecified atom stereocenters. The van der Waals surface area contributed by atoms with Gasteiger partial charge < -0.3 is 23.7 Å². The molecule has 9 aromatic carbocycles. The quantitative estimate of drug-likeness (QED) is 0.165. The highest BCUT2D eigenvalue weighted by molar-refractivity contribution is 7.00. The van der Waals surface area contributed by atoms with E-state index < -0.39 is 0 Å². The number of hydrogen-bond donors (Lipinski definition) is 0. The van der Waals surface area contributed by atoms with E-state index in [1.807, 2.05) is 0 Å². The maximum absolute atomic E-state index is 6.63. The average Bonchev–Trinajstić information content (AvgIpc) is 3.88. The number of aromatic nitrogens is 1. The van der Waals surface area contributed by atoms with E-state index in [1.54, 1.807) is 0 Å². The summed E-state index contributed by atoms with van der Waals surface area (Å²) in [4.78, 5) is 7.57. The minimum atomic E-state index is -0.0646. The van der Waals surface area contributed by atoms with Gasteiger partial charge in [-0.05, 0) is 106 Å². The number of nitrogens with zero attached hydrogens (tertiary/aromatic N) is 4. The van der Waals surface area contributed by atoms with E-state index in [-0.39, 0.29) is 12.1 Å². The van der Waals surface area contributed by atoms with Crippen LogP contribution in [-0.4, -0.2) is 11.3 Å². The molecule has 2 aromatic heterocycles. The van der Waals surface area contributed by atoms with Crippen LogP contribution in [-0.2, 0) is 5.41 Å². The van der Waals surface area contributed by atoms with Crippen molar-refractivity contribution in [2.75, 3.05) is 14.7 Å². The Morgan fingerprint density at radius 3 is 1.86 bits per heavy atom. The van der Waals surface area contributed by atoms with Crippen molar-refractivity contribution < 1.29 is 4.42 Å². The van der Waals surface area contributed by atoms with Gasteiger partial charge in [-0.25, -0.2) is 0 Å². The summed E-state index contributed by atoms with van der Waals surface area (Å²) in [5.74, 6) is 0. The SMILES string of the molecule is CC(C)(C)c1ccc2c(c1)B1c3cccc4c3N(c3cc(N(c5ccccc5)c5ccccc5)cc(c31)N2c1cccc2oc3ccccc3c12)c1cccc2c3ccccc3n-4c12. The standard InChI is InChI=1S/C58H41BN4O/c1-58(2,3)36-31-32-46-44(33-36)59-43-24-15-28-49-57(43)63(48-27-14-23-41-40-21-10-12-25-45(40)62(49)56(41)48)51-35-39(60(37-17-6-4-7-18-37)38-19-8-5-9-20-38)34-50(55(51)59)61(46)47-26-16-30-53-54(47)42-22-11-13-29-52(42)64-53/h4-35H,1-3H3. The molecule has 5 heterocycles. The highest BCUT2D eigenvalue weighted by Gasteiger charge is 2.47. The second kappa shape index (κ2) is 12.8. The van der Waals surface area contributed by atoms with E-state index >= 15 is 0 Å². The van der Waals surface area contributed by atoms with E-state index in [9.17, 15) is 0 Å². The van der Waals surface area contributed by atoms with Crippen molar-refractivity contribution >= 4 is 118 Å². The van der Waals surface area contributed by atoms with Gasteiger partial charge >= 0.3 is 0 Å². The Kier molecular flexibility index (Phi) is 7.13. The minimum Gasteiger partial charge on any atom is -0.456 e. The van der Waals surface area contributed by atoms with E-state index in [4.69, 9.17) is 4.42 Å². The molecule has 0 amide bonds. The molecular formula is C58H41BN4O. The zero-order valence-electron chi connectivity index (χ0n) is 35.7. The normalized spacial score (nSPS) is 13.5. The molecule has 11 aromatic rings. The molecule has 302 valence electrons. The van der Waals surface area contributed by atoms with Crippen LogP contribution in [0, 0.1) is 0 Å². The molecule has 0 saturated heterocycles. The van der Waals surface area contributed by atoms with Gasteiger partial charge in [0.2, 0.25) is 0 Å². The summed E-state index contributed by atoms with van der Waals surface area (Å²) >= 11 is 0. The smallest absolute Gasteiger partial charge is 0.252 e. The largest absolute Gasteiger partial charge is 0.456 e. The molecular weight excluding hydrogens is 779 g/mol. The first-order chi connectivity index (χ1) is 31.4. The summed E-state index contributed by atoms with van der Waals surface area (Å²) in [5.41, 5.74) is 20.8. The van der Waals surface area contributed by atoms with Gasteiger partial charge in [0, 0.05) is 44.6 Å². The van der Waals surface area contributed by atoms with Crippen LogP contribution >= 0.6 is 0 Å². The van der Waals surface area contributed by atoms with Crippen LogP contribution in [0.25, 0.3) is 49.4 Å². The number of hydrogen-bond acceptors (Lipinski definition) is 4. The van der Waals surface area contributed by atoms with Crippen LogP contribution in [0.3, 0.4) is 0 Å². The Morgan fingerprint density at radius 2 is 1.08 bits per heavy atom. The molecule has 0 N–H and O–H groups in total. The van der Waals surface area contributed by atoms with Crippen LogP contribution in [0.4, 0.5) is 51.2 Å². The van der Waals surface area contributed by atoms with Crippen molar-refractivity contribution in [1.82, 2.24) is 4.57 Å². The molecule has 3 aliphatic heterocycles. The number of para-hydroxylation sites is 6. The van der Waals surface area contributed by atoms with Crippen molar-refractivity contribution in [3.05, 3.63) is 200 Å². The number of anilines is 9. The first-order valence-electron chi connectivity index (χ1n) is 22.3. The number of fused-ring (bicyclic) bond motifs is 12. The lowest BCUT2D eigenvalue weighted by atomic mass is 9.33. The zero-order valence-corrected chi connectivity index (χ0v) is 35.7. The van der Waals surface area contributed by atoms with E-state index in [0.29, 0.717) is 0 Å².